The molecule has 34 heavy (non-hydrogen) atoms. The number of aryl methyl sites for hydroxylation is 1. The molecule has 3 aromatic rings. The summed E-state index contributed by atoms with van der Waals surface area (Å²) in [5.74, 6) is -1.68. The third-order valence-corrected chi connectivity index (χ3v) is 6.03. The molecule has 1 aliphatic carbocycles. The molecule has 0 bridgehead atoms. The molecule has 0 radical (unpaired) electrons. The summed E-state index contributed by atoms with van der Waals surface area (Å²) < 4.78 is 5.57. The van der Waals surface area contributed by atoms with E-state index in [0.717, 1.165) is 22.3 Å². The van der Waals surface area contributed by atoms with E-state index in [1.165, 1.54) is 19.9 Å². The number of hydrogen-bond donors (Lipinski definition) is 3. The Morgan fingerprint density at radius 3 is 2.09 bits per heavy atom. The third kappa shape index (κ3) is 4.50. The van der Waals surface area contributed by atoms with E-state index in [-0.39, 0.29) is 12.5 Å². The van der Waals surface area contributed by atoms with E-state index < -0.39 is 23.5 Å². The highest BCUT2D eigenvalue weighted by Gasteiger charge is 2.30. The maximum atomic E-state index is 12.5. The monoisotopic (exact) mass is 458 g/mol. The molecule has 0 heterocycles. The number of fused-ring (bicyclic) bond motifs is 3. The molecule has 3 aromatic carbocycles. The summed E-state index contributed by atoms with van der Waals surface area (Å²) in [5.41, 5.74) is 4.62. The highest BCUT2D eigenvalue weighted by atomic mass is 16.5. The second-order valence-corrected chi connectivity index (χ2v) is 8.86. The zero-order valence-electron chi connectivity index (χ0n) is 19.2. The largest absolute Gasteiger partial charge is 0.480 e. The fourth-order valence-electron chi connectivity index (χ4n) is 4.10. The number of carbonyl (C=O) groups excluding carboxylic acids is 2. The summed E-state index contributed by atoms with van der Waals surface area (Å²) in [6.45, 7) is 4.77. The number of rotatable bonds is 6. The fourth-order valence-corrected chi connectivity index (χ4v) is 4.10. The normalized spacial score (nSPS) is 12.4. The number of ether oxygens (including phenoxy) is 1. The molecule has 0 unspecified atom stereocenters. The maximum Gasteiger partial charge on any atom is 0.411 e. The van der Waals surface area contributed by atoms with E-state index in [1.54, 1.807) is 19.1 Å². The van der Waals surface area contributed by atoms with E-state index in [2.05, 4.69) is 34.9 Å². The number of amides is 2. The SMILES string of the molecule is Cc1cc(C(=O)NC(C)(C)C(=O)O)ccc1NC(=O)OCC1c2ccccc2-c2ccccc21. The Labute approximate surface area is 197 Å². The van der Waals surface area contributed by atoms with Crippen molar-refractivity contribution in [1.82, 2.24) is 5.32 Å². The molecular formula is C27H26N2O5. The Morgan fingerprint density at radius 1 is 0.941 bits per heavy atom. The van der Waals surface area contributed by atoms with Crippen LogP contribution in [0.5, 0.6) is 0 Å². The smallest absolute Gasteiger partial charge is 0.411 e. The van der Waals surface area contributed by atoms with Crippen LogP contribution in [0.2, 0.25) is 0 Å². The zero-order valence-corrected chi connectivity index (χ0v) is 19.2. The predicted molar refractivity (Wildman–Crippen MR) is 129 cm³/mol. The first-order chi connectivity index (χ1) is 16.2. The van der Waals surface area contributed by atoms with E-state index in [4.69, 9.17) is 4.74 Å². The quantitative estimate of drug-likeness (QED) is 0.485. The summed E-state index contributed by atoms with van der Waals surface area (Å²) in [5, 5.41) is 14.4. The molecule has 0 aromatic heterocycles. The van der Waals surface area contributed by atoms with Crippen LogP contribution in [0.25, 0.3) is 11.1 Å². The number of carboxylic acid groups (broad SMARTS) is 1. The number of aliphatic carboxylic acids is 1. The lowest BCUT2D eigenvalue weighted by Crippen LogP contribution is -2.49. The van der Waals surface area contributed by atoms with Crippen molar-refractivity contribution in [2.24, 2.45) is 0 Å². The molecular weight excluding hydrogens is 432 g/mol. The topological polar surface area (TPSA) is 105 Å². The van der Waals surface area contributed by atoms with Crippen molar-refractivity contribution in [3.05, 3.63) is 89.0 Å². The number of benzene rings is 3. The van der Waals surface area contributed by atoms with Crippen LogP contribution in [0.4, 0.5) is 10.5 Å². The molecule has 0 fully saturated rings. The van der Waals surface area contributed by atoms with Gasteiger partial charge in [0, 0.05) is 17.2 Å². The van der Waals surface area contributed by atoms with E-state index >= 15 is 0 Å². The van der Waals surface area contributed by atoms with Crippen LogP contribution >= 0.6 is 0 Å². The lowest BCUT2D eigenvalue weighted by Gasteiger charge is -2.21. The molecule has 174 valence electrons. The summed E-state index contributed by atoms with van der Waals surface area (Å²) in [4.78, 5) is 36.2. The molecule has 0 saturated heterocycles. The fraction of sp³-hybridized carbons (Fsp3) is 0.222. The second-order valence-electron chi connectivity index (χ2n) is 8.86. The van der Waals surface area contributed by atoms with Crippen molar-refractivity contribution in [2.75, 3.05) is 11.9 Å². The first kappa shape index (κ1) is 23.0. The van der Waals surface area contributed by atoms with Gasteiger partial charge < -0.3 is 15.2 Å². The Kier molecular flexibility index (Phi) is 6.11. The van der Waals surface area contributed by atoms with Crippen molar-refractivity contribution >= 4 is 23.7 Å². The van der Waals surface area contributed by atoms with Gasteiger partial charge in [0.15, 0.2) is 0 Å². The second kappa shape index (κ2) is 9.02. The van der Waals surface area contributed by atoms with Gasteiger partial charge in [0.05, 0.1) is 0 Å². The highest BCUT2D eigenvalue weighted by molar-refractivity contribution is 5.98. The van der Waals surface area contributed by atoms with Gasteiger partial charge in [0.25, 0.3) is 5.91 Å². The lowest BCUT2D eigenvalue weighted by atomic mass is 9.98. The average Bonchev–Trinajstić information content (AvgIpc) is 3.12. The van der Waals surface area contributed by atoms with Gasteiger partial charge in [-0.2, -0.15) is 0 Å². The molecule has 3 N–H and O–H groups in total. The minimum atomic E-state index is -1.40. The molecule has 0 aliphatic heterocycles. The van der Waals surface area contributed by atoms with Crippen LogP contribution < -0.4 is 10.6 Å². The zero-order chi connectivity index (χ0) is 24.5. The van der Waals surface area contributed by atoms with Crippen LogP contribution in [0.1, 0.15) is 46.8 Å². The number of carbonyl (C=O) groups is 3. The van der Waals surface area contributed by atoms with Gasteiger partial charge in [-0.15, -0.1) is 0 Å². The van der Waals surface area contributed by atoms with Crippen LogP contribution in [0.3, 0.4) is 0 Å². The highest BCUT2D eigenvalue weighted by Crippen LogP contribution is 2.44. The van der Waals surface area contributed by atoms with Gasteiger partial charge in [0.1, 0.15) is 12.1 Å². The number of carboxylic acids is 1. The van der Waals surface area contributed by atoms with Gasteiger partial charge in [-0.25, -0.2) is 9.59 Å². The van der Waals surface area contributed by atoms with Gasteiger partial charge in [-0.05, 0) is 66.8 Å². The Hall–Kier alpha value is -4.13. The van der Waals surface area contributed by atoms with Crippen molar-refractivity contribution < 1.29 is 24.2 Å². The predicted octanol–water partition coefficient (Wildman–Crippen LogP) is 4.95. The Bertz CT molecular complexity index is 1240. The molecule has 0 atom stereocenters. The number of nitrogens with one attached hydrogen (secondary N) is 2. The van der Waals surface area contributed by atoms with Crippen molar-refractivity contribution in [3.63, 3.8) is 0 Å². The molecule has 7 heteroatoms. The van der Waals surface area contributed by atoms with Crippen LogP contribution in [-0.2, 0) is 9.53 Å². The summed E-state index contributed by atoms with van der Waals surface area (Å²) >= 11 is 0. The average molecular weight is 459 g/mol. The molecule has 7 nitrogen and oxygen atoms in total. The standard InChI is InChI=1S/C27H26N2O5/c1-16-14-17(24(30)29-27(2,3)25(31)32)12-13-23(16)28-26(33)34-15-22-20-10-6-4-8-18(20)19-9-5-7-11-21(19)22/h4-14,22H,15H2,1-3H3,(H,28,33)(H,29,30)(H,31,32). The summed E-state index contributed by atoms with van der Waals surface area (Å²) in [6.07, 6.45) is -0.589. The minimum Gasteiger partial charge on any atom is -0.480 e. The van der Waals surface area contributed by atoms with Crippen LogP contribution in [-0.4, -0.2) is 35.2 Å². The third-order valence-electron chi connectivity index (χ3n) is 6.03. The van der Waals surface area contributed by atoms with Gasteiger partial charge in [-0.1, -0.05) is 48.5 Å². The number of hydrogen-bond acceptors (Lipinski definition) is 4. The lowest BCUT2D eigenvalue weighted by molar-refractivity contribution is -0.143. The van der Waals surface area contributed by atoms with Crippen molar-refractivity contribution in [2.45, 2.75) is 32.2 Å². The molecule has 4 rings (SSSR count). The molecule has 1 aliphatic rings. The Morgan fingerprint density at radius 2 is 1.53 bits per heavy atom. The van der Waals surface area contributed by atoms with Crippen LogP contribution in [0.15, 0.2) is 66.7 Å². The number of anilines is 1. The van der Waals surface area contributed by atoms with Crippen molar-refractivity contribution in [3.8, 4) is 11.1 Å². The first-order valence-corrected chi connectivity index (χ1v) is 11.0. The minimum absolute atomic E-state index is 0.0390. The van der Waals surface area contributed by atoms with Gasteiger partial charge in [-0.3, -0.25) is 10.1 Å². The summed E-state index contributed by atoms with van der Waals surface area (Å²) in [7, 11) is 0. The summed E-state index contributed by atoms with van der Waals surface area (Å²) in [6, 6.07) is 20.9. The molecule has 2 amide bonds. The molecule has 0 spiro atoms. The maximum absolute atomic E-state index is 12.5. The molecule has 0 saturated carbocycles. The van der Waals surface area contributed by atoms with Crippen LogP contribution in [0, 0.1) is 6.92 Å². The van der Waals surface area contributed by atoms with Crippen molar-refractivity contribution in [1.29, 1.82) is 0 Å². The van der Waals surface area contributed by atoms with E-state index in [1.807, 2.05) is 24.3 Å². The Balaban J connectivity index is 1.41. The first-order valence-electron chi connectivity index (χ1n) is 11.0. The van der Waals surface area contributed by atoms with E-state index in [0.29, 0.717) is 16.8 Å². The van der Waals surface area contributed by atoms with Gasteiger partial charge in [0.2, 0.25) is 0 Å². The van der Waals surface area contributed by atoms with Gasteiger partial charge >= 0.3 is 12.1 Å². The van der Waals surface area contributed by atoms with E-state index in [9.17, 15) is 19.5 Å².